The molecule has 1 atom stereocenters. The molecule has 0 bridgehead atoms. The number of ether oxygens (including phenoxy) is 1. The molecule has 0 aliphatic rings. The number of hydrogen-bond donors (Lipinski definition) is 6. The number of nitrogens with zero attached hydrogens (tertiary/aromatic N) is 3. The van der Waals surface area contributed by atoms with Crippen LogP contribution >= 0.6 is 23.0 Å². The molecule has 0 fully saturated rings. The Bertz CT molecular complexity index is 937. The van der Waals surface area contributed by atoms with Gasteiger partial charge < -0.3 is 4.74 Å². The zero-order valence-electron chi connectivity index (χ0n) is 18.8. The molecule has 2 aromatic rings. The van der Waals surface area contributed by atoms with Crippen molar-refractivity contribution in [1.82, 2.24) is 9.68 Å². The van der Waals surface area contributed by atoms with E-state index in [0.717, 1.165) is 16.9 Å². The van der Waals surface area contributed by atoms with E-state index in [2.05, 4.69) is 5.10 Å². The van der Waals surface area contributed by atoms with E-state index in [1.807, 2.05) is 24.3 Å². The fourth-order valence-corrected chi connectivity index (χ4v) is 5.90. The van der Waals surface area contributed by atoms with Gasteiger partial charge in [0, 0.05) is 0 Å². The summed E-state index contributed by atoms with van der Waals surface area (Å²) >= 11 is 5.45. The second-order valence-corrected chi connectivity index (χ2v) is 13.7. The molecule has 1 unspecified atom stereocenters. The van der Waals surface area contributed by atoms with Crippen LogP contribution in [0.15, 0.2) is 53.6 Å². The van der Waals surface area contributed by atoms with E-state index in [1.165, 1.54) is 4.90 Å². The average molecular weight is 555 g/mol. The van der Waals surface area contributed by atoms with Crippen molar-refractivity contribution in [2.24, 2.45) is 5.10 Å². The van der Waals surface area contributed by atoms with Crippen LogP contribution in [0.2, 0.25) is 0 Å². The van der Waals surface area contributed by atoms with Crippen LogP contribution in [0.4, 0.5) is 0 Å². The molecule has 0 aliphatic carbocycles. The van der Waals surface area contributed by atoms with Crippen LogP contribution in [0.1, 0.15) is 11.1 Å². The van der Waals surface area contributed by atoms with Crippen LogP contribution in [-0.2, 0) is 18.2 Å². The Balaban J connectivity index is 1.90. The van der Waals surface area contributed by atoms with Crippen molar-refractivity contribution >= 4 is 41.0 Å². The molecular weight excluding hydrogens is 523 g/mol. The van der Waals surface area contributed by atoms with E-state index >= 15 is 0 Å². The summed E-state index contributed by atoms with van der Waals surface area (Å²) in [4.78, 5) is 57.1. The van der Waals surface area contributed by atoms with Gasteiger partial charge in [0.1, 0.15) is 5.75 Å². The molecule has 0 saturated carbocycles. The van der Waals surface area contributed by atoms with Gasteiger partial charge in [-0.15, -0.1) is 0 Å². The van der Waals surface area contributed by atoms with Crippen molar-refractivity contribution in [2.45, 2.75) is 6.42 Å². The topological polar surface area (TPSA) is 159 Å². The predicted molar refractivity (Wildman–Crippen MR) is 141 cm³/mol. The molecule has 0 radical (unpaired) electrons. The maximum Gasteiger partial charge on any atom is -0.0193 e. The molecule has 34 heavy (non-hydrogen) atoms. The molecule has 0 amide bonds. The zero-order chi connectivity index (χ0) is 25.4. The van der Waals surface area contributed by atoms with Gasteiger partial charge in [-0.3, -0.25) is 0 Å². The third kappa shape index (κ3) is 11.4. The van der Waals surface area contributed by atoms with Gasteiger partial charge in [-0.05, 0) is 29.8 Å². The standard InChI is InChI=1S/C19H32N3O8P3S/c1-21(20-13-17-5-7-18(29-2)8-6-17)31(34)30-19-9-3-16(4-10-19)11-12-22(14-32(23,24)25)15-33(26,27)28/h3-10,13,23-28,31-33H,11-12,14-15H2,1-2H3/b20-13+. The largest absolute Gasteiger partial charge is 0.0497 e. The first-order valence-corrected chi connectivity index (χ1v) is 16.7. The second kappa shape index (κ2) is 13.2. The number of benzene rings is 2. The van der Waals surface area contributed by atoms with E-state index < -0.39 is 35.5 Å². The molecule has 15 heteroatoms. The van der Waals surface area contributed by atoms with Gasteiger partial charge >= 0.3 is 152 Å². The Morgan fingerprint density at radius 3 is 1.94 bits per heavy atom. The zero-order valence-corrected chi connectivity index (χ0v) is 22.6. The van der Waals surface area contributed by atoms with E-state index in [1.54, 1.807) is 49.4 Å². The summed E-state index contributed by atoms with van der Waals surface area (Å²) in [7, 11) is -7.44. The van der Waals surface area contributed by atoms with Crippen LogP contribution < -0.4 is 9.26 Å². The van der Waals surface area contributed by atoms with Crippen molar-refractivity contribution in [2.75, 3.05) is 33.3 Å². The Kier molecular flexibility index (Phi) is 11.2. The Labute approximate surface area is 205 Å². The van der Waals surface area contributed by atoms with Gasteiger partial charge in [-0.2, -0.15) is 0 Å². The van der Waals surface area contributed by atoms with Crippen LogP contribution in [0.25, 0.3) is 0 Å². The third-order valence-electron chi connectivity index (χ3n) is 4.48. The van der Waals surface area contributed by atoms with E-state index in [4.69, 9.17) is 21.1 Å². The Morgan fingerprint density at radius 1 is 0.912 bits per heavy atom. The Hall–Kier alpha value is -1.26. The quantitative estimate of drug-likeness (QED) is 0.120. The van der Waals surface area contributed by atoms with Crippen molar-refractivity contribution in [3.05, 3.63) is 59.7 Å². The summed E-state index contributed by atoms with van der Waals surface area (Å²) in [5, 5.41) is 4.33. The summed E-state index contributed by atoms with van der Waals surface area (Å²) in [6, 6.07) is 14.5. The predicted octanol–water partition coefficient (Wildman–Crippen LogP) is 1.25. The molecule has 0 spiro atoms. The summed E-state index contributed by atoms with van der Waals surface area (Å²) < 4.78 is 12.5. The van der Waals surface area contributed by atoms with Crippen LogP contribution in [-0.4, -0.2) is 78.5 Å². The molecule has 2 rings (SSSR count). The van der Waals surface area contributed by atoms with Crippen molar-refractivity contribution < 1.29 is 38.6 Å². The minimum absolute atomic E-state index is 0.159. The van der Waals surface area contributed by atoms with E-state index in [0.29, 0.717) is 12.2 Å². The SMILES string of the molecule is COc1ccc(/C=N/N(C)[PH](=S)Oc2ccc(CCN(C[PH](O)(O)O)C[PH](O)(O)O)cc2)cc1. The van der Waals surface area contributed by atoms with Gasteiger partial charge in [0.15, 0.2) is 0 Å². The molecular formula is C19H32N3O8P3S. The number of rotatable bonds is 13. The van der Waals surface area contributed by atoms with Gasteiger partial charge in [0.05, 0.1) is 13.3 Å². The van der Waals surface area contributed by atoms with Crippen molar-refractivity contribution in [3.63, 3.8) is 0 Å². The molecule has 192 valence electrons. The monoisotopic (exact) mass is 555 g/mol. The minimum atomic E-state index is -4.46. The molecule has 11 nitrogen and oxygen atoms in total. The normalized spacial score (nSPS) is 14.3. The molecule has 2 aromatic carbocycles. The van der Waals surface area contributed by atoms with Gasteiger partial charge in [-0.25, -0.2) is 0 Å². The minimum Gasteiger partial charge on any atom is -0.0497 e. The summed E-state index contributed by atoms with van der Waals surface area (Å²) in [5.41, 5.74) is 1.74. The first kappa shape index (κ1) is 29.0. The smallest absolute Gasteiger partial charge is 0.0193 e. The number of hydrazone groups is 1. The molecule has 0 heterocycles. The molecule has 0 aliphatic heterocycles. The number of hydrogen-bond acceptors (Lipinski definition) is 11. The van der Waals surface area contributed by atoms with Crippen LogP contribution in [0.3, 0.4) is 0 Å². The van der Waals surface area contributed by atoms with Crippen LogP contribution in [0.5, 0.6) is 11.5 Å². The first-order chi connectivity index (χ1) is 15.8. The molecule has 0 aromatic heterocycles. The van der Waals surface area contributed by atoms with Gasteiger partial charge in [-0.1, -0.05) is 0 Å². The Morgan fingerprint density at radius 2 is 1.44 bits per heavy atom. The van der Waals surface area contributed by atoms with Crippen molar-refractivity contribution in [1.29, 1.82) is 0 Å². The maximum absolute atomic E-state index is 9.31. The second-order valence-electron chi connectivity index (χ2n) is 7.56. The summed E-state index contributed by atoms with van der Waals surface area (Å²) in [6.07, 6.45) is 0.985. The van der Waals surface area contributed by atoms with Crippen LogP contribution in [0, 0.1) is 0 Å². The molecule has 6 N–H and O–H groups in total. The van der Waals surface area contributed by atoms with E-state index in [9.17, 15) is 29.4 Å². The summed E-state index contributed by atoms with van der Waals surface area (Å²) in [6.45, 7) is 0.159. The average Bonchev–Trinajstić information content (AvgIpc) is 2.75. The third-order valence-corrected chi connectivity index (χ3v) is 8.32. The maximum atomic E-state index is 9.31. The number of methoxy groups -OCH3 is 1. The van der Waals surface area contributed by atoms with E-state index in [-0.39, 0.29) is 6.54 Å². The van der Waals surface area contributed by atoms with Gasteiger partial charge in [0.2, 0.25) is 0 Å². The van der Waals surface area contributed by atoms with Crippen molar-refractivity contribution in [3.8, 4) is 11.5 Å². The first-order valence-electron chi connectivity index (χ1n) is 10.1. The fourth-order valence-electron chi connectivity index (χ4n) is 2.88. The fraction of sp³-hybridized carbons (Fsp3) is 0.316. The molecule has 0 saturated heterocycles. The summed E-state index contributed by atoms with van der Waals surface area (Å²) in [5.74, 6) is 1.32. The van der Waals surface area contributed by atoms with Gasteiger partial charge in [0.25, 0.3) is 0 Å².